The number of aliphatic carboxylic acids is 1. The molecule has 6 heteroatoms. The van der Waals surface area contributed by atoms with Gasteiger partial charge in [0.1, 0.15) is 6.04 Å². The van der Waals surface area contributed by atoms with Crippen LogP contribution in [0.2, 0.25) is 0 Å². The van der Waals surface area contributed by atoms with Crippen LogP contribution in [-0.2, 0) is 11.8 Å². The van der Waals surface area contributed by atoms with Crippen LogP contribution in [0.4, 0.5) is 5.69 Å². The van der Waals surface area contributed by atoms with Crippen molar-refractivity contribution in [2.75, 3.05) is 11.4 Å². The lowest BCUT2D eigenvalue weighted by Gasteiger charge is -2.29. The summed E-state index contributed by atoms with van der Waals surface area (Å²) in [5.74, 6) is -0.754. The Balaban J connectivity index is 2.17. The molecule has 0 amide bonds. The third-order valence-electron chi connectivity index (χ3n) is 3.54. The summed E-state index contributed by atoms with van der Waals surface area (Å²) in [5, 5.41) is 16.9. The molecule has 1 aliphatic rings. The van der Waals surface area contributed by atoms with Gasteiger partial charge >= 0.3 is 5.97 Å². The molecular formula is C13H22N4O2. The van der Waals surface area contributed by atoms with E-state index in [0.717, 1.165) is 18.7 Å². The highest BCUT2D eigenvalue weighted by molar-refractivity contribution is 5.79. The first-order valence-corrected chi connectivity index (χ1v) is 6.72. The lowest BCUT2D eigenvalue weighted by Crippen LogP contribution is -2.46. The number of aryl methyl sites for hydroxylation is 1. The lowest BCUT2D eigenvalue weighted by atomic mass is 10.2. The van der Waals surface area contributed by atoms with Crippen LogP contribution in [0.5, 0.6) is 0 Å². The second-order valence-electron chi connectivity index (χ2n) is 5.43. The summed E-state index contributed by atoms with van der Waals surface area (Å²) in [6.07, 6.45) is 5.20. The minimum Gasteiger partial charge on any atom is -0.480 e. The summed E-state index contributed by atoms with van der Waals surface area (Å²) in [5.41, 5.74) is 0.892. The van der Waals surface area contributed by atoms with E-state index in [-0.39, 0.29) is 6.04 Å². The first-order valence-electron chi connectivity index (χ1n) is 6.72. The SMILES string of the molecule is CC(C)NC[C@H]1CC[C@@H](C(=O)O)N1c1cnn(C)c1. The lowest BCUT2D eigenvalue weighted by molar-refractivity contribution is -0.138. The van der Waals surface area contributed by atoms with Crippen LogP contribution in [0.3, 0.4) is 0 Å². The first kappa shape index (κ1) is 13.9. The molecule has 0 saturated carbocycles. The number of carbonyl (C=O) groups is 1. The van der Waals surface area contributed by atoms with Crippen molar-refractivity contribution in [1.82, 2.24) is 15.1 Å². The molecule has 2 rings (SSSR count). The maximum Gasteiger partial charge on any atom is 0.326 e. The van der Waals surface area contributed by atoms with Crippen LogP contribution >= 0.6 is 0 Å². The number of nitrogens with zero attached hydrogens (tertiary/aromatic N) is 3. The molecule has 2 heterocycles. The third-order valence-corrected chi connectivity index (χ3v) is 3.54. The van der Waals surface area contributed by atoms with Crippen molar-refractivity contribution in [2.24, 2.45) is 7.05 Å². The van der Waals surface area contributed by atoms with E-state index < -0.39 is 12.0 Å². The highest BCUT2D eigenvalue weighted by Crippen LogP contribution is 2.30. The van der Waals surface area contributed by atoms with Gasteiger partial charge in [-0.15, -0.1) is 0 Å². The summed E-state index contributed by atoms with van der Waals surface area (Å²) in [7, 11) is 1.84. The van der Waals surface area contributed by atoms with Crippen LogP contribution in [0.1, 0.15) is 26.7 Å². The van der Waals surface area contributed by atoms with E-state index >= 15 is 0 Å². The molecule has 0 aromatic carbocycles. The summed E-state index contributed by atoms with van der Waals surface area (Å²) >= 11 is 0. The number of anilines is 1. The Morgan fingerprint density at radius 1 is 1.58 bits per heavy atom. The number of carboxylic acids is 1. The fourth-order valence-corrected chi connectivity index (χ4v) is 2.63. The zero-order chi connectivity index (χ0) is 14.0. The van der Waals surface area contributed by atoms with Gasteiger partial charge in [-0.25, -0.2) is 4.79 Å². The molecule has 2 N–H and O–H groups in total. The Hall–Kier alpha value is -1.56. The normalized spacial score (nSPS) is 23.3. The highest BCUT2D eigenvalue weighted by atomic mass is 16.4. The molecule has 1 fully saturated rings. The summed E-state index contributed by atoms with van der Waals surface area (Å²) in [4.78, 5) is 13.4. The first-order chi connectivity index (χ1) is 8.99. The van der Waals surface area contributed by atoms with Crippen molar-refractivity contribution in [3.8, 4) is 0 Å². The Bertz CT molecular complexity index is 444. The van der Waals surface area contributed by atoms with E-state index in [2.05, 4.69) is 24.3 Å². The van der Waals surface area contributed by atoms with Crippen molar-refractivity contribution < 1.29 is 9.90 Å². The number of hydrogen-bond acceptors (Lipinski definition) is 4. The number of rotatable bonds is 5. The fraction of sp³-hybridized carbons (Fsp3) is 0.692. The van der Waals surface area contributed by atoms with E-state index in [1.54, 1.807) is 10.9 Å². The fourth-order valence-electron chi connectivity index (χ4n) is 2.63. The molecule has 0 spiro atoms. The number of nitrogens with one attached hydrogen (secondary N) is 1. The van der Waals surface area contributed by atoms with Crippen molar-refractivity contribution in [3.05, 3.63) is 12.4 Å². The van der Waals surface area contributed by atoms with Gasteiger partial charge < -0.3 is 15.3 Å². The molecule has 6 nitrogen and oxygen atoms in total. The number of carboxylic acid groups (broad SMARTS) is 1. The zero-order valence-corrected chi connectivity index (χ0v) is 11.7. The average molecular weight is 266 g/mol. The topological polar surface area (TPSA) is 70.4 Å². The Morgan fingerprint density at radius 3 is 2.84 bits per heavy atom. The maximum absolute atomic E-state index is 11.4. The molecule has 19 heavy (non-hydrogen) atoms. The van der Waals surface area contributed by atoms with E-state index in [1.807, 2.05) is 18.1 Å². The van der Waals surface area contributed by atoms with Gasteiger partial charge in [0.2, 0.25) is 0 Å². The van der Waals surface area contributed by atoms with Crippen LogP contribution in [0.25, 0.3) is 0 Å². The Morgan fingerprint density at radius 2 is 2.32 bits per heavy atom. The van der Waals surface area contributed by atoms with E-state index in [1.165, 1.54) is 0 Å². The quantitative estimate of drug-likeness (QED) is 0.826. The minimum atomic E-state index is -0.754. The largest absolute Gasteiger partial charge is 0.480 e. The average Bonchev–Trinajstić information content (AvgIpc) is 2.91. The zero-order valence-electron chi connectivity index (χ0n) is 11.7. The molecule has 106 valence electrons. The van der Waals surface area contributed by atoms with Crippen LogP contribution < -0.4 is 10.2 Å². The van der Waals surface area contributed by atoms with E-state index in [4.69, 9.17) is 0 Å². The molecule has 2 atom stereocenters. The molecule has 1 aliphatic heterocycles. The Kier molecular flexibility index (Phi) is 4.09. The third kappa shape index (κ3) is 3.07. The summed E-state index contributed by atoms with van der Waals surface area (Å²) in [6, 6.07) is 0.176. The van der Waals surface area contributed by atoms with Gasteiger partial charge in [0.15, 0.2) is 0 Å². The smallest absolute Gasteiger partial charge is 0.326 e. The van der Waals surface area contributed by atoms with Gasteiger partial charge in [-0.1, -0.05) is 13.8 Å². The second-order valence-corrected chi connectivity index (χ2v) is 5.43. The molecule has 0 radical (unpaired) electrons. The second kappa shape index (κ2) is 5.61. The minimum absolute atomic E-state index is 0.215. The predicted octanol–water partition coefficient (Wildman–Crippen LogP) is 0.840. The molecule has 1 aromatic heterocycles. The maximum atomic E-state index is 11.4. The predicted molar refractivity (Wildman–Crippen MR) is 73.3 cm³/mol. The number of hydrogen-bond donors (Lipinski definition) is 2. The van der Waals surface area contributed by atoms with Crippen LogP contribution in [0, 0.1) is 0 Å². The van der Waals surface area contributed by atoms with Gasteiger partial charge in [0.25, 0.3) is 0 Å². The summed E-state index contributed by atoms with van der Waals surface area (Å²) < 4.78 is 1.71. The molecule has 0 bridgehead atoms. The van der Waals surface area contributed by atoms with E-state index in [0.29, 0.717) is 12.5 Å². The van der Waals surface area contributed by atoms with Crippen LogP contribution in [-0.4, -0.2) is 45.5 Å². The Labute approximate surface area is 113 Å². The van der Waals surface area contributed by atoms with E-state index in [9.17, 15) is 9.90 Å². The van der Waals surface area contributed by atoms with Gasteiger partial charge in [-0.05, 0) is 12.8 Å². The van der Waals surface area contributed by atoms with Gasteiger partial charge in [-0.2, -0.15) is 5.10 Å². The number of aromatic nitrogens is 2. The van der Waals surface area contributed by atoms with Crippen molar-refractivity contribution >= 4 is 11.7 Å². The standard InChI is InChI=1S/C13H22N4O2/c1-9(2)14-6-10-4-5-12(13(18)19)17(10)11-7-15-16(3)8-11/h7-10,12,14H,4-6H2,1-3H3,(H,18,19)/t10-,12+/m1/s1. The van der Waals surface area contributed by atoms with Crippen molar-refractivity contribution in [2.45, 2.75) is 44.8 Å². The monoisotopic (exact) mass is 266 g/mol. The van der Waals surface area contributed by atoms with Crippen molar-refractivity contribution in [3.63, 3.8) is 0 Å². The highest BCUT2D eigenvalue weighted by Gasteiger charge is 2.38. The summed E-state index contributed by atoms with van der Waals surface area (Å²) in [6.45, 7) is 4.99. The van der Waals surface area contributed by atoms with Gasteiger partial charge in [0, 0.05) is 31.9 Å². The molecule has 1 saturated heterocycles. The molecular weight excluding hydrogens is 244 g/mol. The van der Waals surface area contributed by atoms with Crippen molar-refractivity contribution in [1.29, 1.82) is 0 Å². The van der Waals surface area contributed by atoms with Gasteiger partial charge in [0.05, 0.1) is 11.9 Å². The van der Waals surface area contributed by atoms with Gasteiger partial charge in [-0.3, -0.25) is 4.68 Å². The molecule has 0 unspecified atom stereocenters. The molecule has 1 aromatic rings. The molecule has 0 aliphatic carbocycles. The van der Waals surface area contributed by atoms with Crippen LogP contribution in [0.15, 0.2) is 12.4 Å².